The third-order valence-corrected chi connectivity index (χ3v) is 5.19. The quantitative estimate of drug-likeness (QED) is 0.621. The molecule has 2 fully saturated rings. The monoisotopic (exact) mass is 393 g/mol. The van der Waals surface area contributed by atoms with Crippen molar-refractivity contribution in [2.45, 2.75) is 31.8 Å². The van der Waals surface area contributed by atoms with Crippen LogP contribution in [0.25, 0.3) is 0 Å². The number of benzene rings is 1. The minimum absolute atomic E-state index is 0.143. The van der Waals surface area contributed by atoms with E-state index < -0.39 is 12.1 Å². The number of anilines is 1. The van der Waals surface area contributed by atoms with Crippen LogP contribution in [0.3, 0.4) is 0 Å². The van der Waals surface area contributed by atoms with E-state index in [1.807, 2.05) is 0 Å². The Hall–Kier alpha value is -3.62. The summed E-state index contributed by atoms with van der Waals surface area (Å²) in [5.74, 6) is -0.857. The number of aromatic nitrogens is 2. The van der Waals surface area contributed by atoms with Gasteiger partial charge in [0.25, 0.3) is 11.8 Å². The van der Waals surface area contributed by atoms with E-state index in [-0.39, 0.29) is 29.3 Å². The molecular weight excluding hydrogens is 374 g/mol. The predicted molar refractivity (Wildman–Crippen MR) is 102 cm³/mol. The molecule has 1 aromatic heterocycles. The minimum atomic E-state index is -0.649. The Morgan fingerprint density at radius 3 is 2.76 bits per heavy atom. The Balaban J connectivity index is 1.50. The fourth-order valence-electron chi connectivity index (χ4n) is 3.71. The van der Waals surface area contributed by atoms with Crippen molar-refractivity contribution >= 4 is 29.3 Å². The lowest BCUT2D eigenvalue weighted by atomic mass is 9.97. The van der Waals surface area contributed by atoms with Crippen molar-refractivity contribution in [2.24, 2.45) is 0 Å². The van der Waals surface area contributed by atoms with Gasteiger partial charge in [0.1, 0.15) is 11.7 Å². The maximum atomic E-state index is 13.0. The summed E-state index contributed by atoms with van der Waals surface area (Å²) >= 11 is 0. The zero-order valence-electron chi connectivity index (χ0n) is 15.7. The molecule has 2 saturated heterocycles. The molecule has 148 valence electrons. The molecule has 0 unspecified atom stereocenters. The first-order valence-corrected chi connectivity index (χ1v) is 9.28. The van der Waals surface area contributed by atoms with E-state index in [1.165, 1.54) is 30.4 Å². The zero-order chi connectivity index (χ0) is 20.5. The Kier molecular flexibility index (Phi) is 4.79. The SMILES string of the molecule is CC(=O)c1cccc(N2C(=O)[C@H]3C[C@@H](NC(=O)c4cnccn4)CCN3C2=O)c1. The second-order valence-corrected chi connectivity index (χ2v) is 7.06. The van der Waals surface area contributed by atoms with Crippen LogP contribution in [0.4, 0.5) is 10.5 Å². The van der Waals surface area contributed by atoms with Crippen molar-refractivity contribution in [3.05, 3.63) is 54.1 Å². The highest BCUT2D eigenvalue weighted by atomic mass is 16.2. The number of rotatable bonds is 4. The lowest BCUT2D eigenvalue weighted by Crippen LogP contribution is -2.49. The number of nitrogens with one attached hydrogen (secondary N) is 1. The van der Waals surface area contributed by atoms with Crippen LogP contribution >= 0.6 is 0 Å². The Labute approximate surface area is 166 Å². The molecule has 2 aromatic rings. The van der Waals surface area contributed by atoms with E-state index in [2.05, 4.69) is 15.3 Å². The van der Waals surface area contributed by atoms with Crippen LogP contribution in [0.15, 0.2) is 42.9 Å². The fraction of sp³-hybridized carbons (Fsp3) is 0.300. The van der Waals surface area contributed by atoms with E-state index in [9.17, 15) is 19.2 Å². The minimum Gasteiger partial charge on any atom is -0.348 e. The molecule has 3 heterocycles. The van der Waals surface area contributed by atoms with Crippen molar-refractivity contribution in [1.29, 1.82) is 0 Å². The normalized spacial score (nSPS) is 21.1. The predicted octanol–water partition coefficient (Wildman–Crippen LogP) is 1.41. The molecule has 2 aliphatic heterocycles. The van der Waals surface area contributed by atoms with Gasteiger partial charge < -0.3 is 10.2 Å². The van der Waals surface area contributed by atoms with Gasteiger partial charge in [-0.25, -0.2) is 14.7 Å². The Morgan fingerprint density at radius 1 is 1.21 bits per heavy atom. The van der Waals surface area contributed by atoms with E-state index in [0.717, 1.165) is 4.90 Å². The second kappa shape index (κ2) is 7.42. The van der Waals surface area contributed by atoms with Crippen LogP contribution in [0.1, 0.15) is 40.6 Å². The van der Waals surface area contributed by atoms with Crippen LogP contribution in [-0.2, 0) is 4.79 Å². The Morgan fingerprint density at radius 2 is 2.03 bits per heavy atom. The molecule has 2 aliphatic rings. The average molecular weight is 393 g/mol. The molecule has 4 amide bonds. The van der Waals surface area contributed by atoms with Crippen LogP contribution < -0.4 is 10.2 Å². The van der Waals surface area contributed by atoms with Gasteiger partial charge in [0, 0.05) is 30.5 Å². The molecule has 1 N–H and O–H groups in total. The number of fused-ring (bicyclic) bond motifs is 1. The van der Waals surface area contributed by atoms with Crippen molar-refractivity contribution in [1.82, 2.24) is 20.2 Å². The number of hydrogen-bond acceptors (Lipinski definition) is 6. The summed E-state index contributed by atoms with van der Waals surface area (Å²) in [7, 11) is 0. The van der Waals surface area contributed by atoms with Gasteiger partial charge in [-0.15, -0.1) is 0 Å². The summed E-state index contributed by atoms with van der Waals surface area (Å²) in [6.07, 6.45) is 5.14. The number of piperidine rings is 1. The third-order valence-electron chi connectivity index (χ3n) is 5.19. The van der Waals surface area contributed by atoms with Gasteiger partial charge in [0.15, 0.2) is 5.78 Å². The number of nitrogens with zero attached hydrogens (tertiary/aromatic N) is 4. The van der Waals surface area contributed by atoms with Gasteiger partial charge >= 0.3 is 6.03 Å². The zero-order valence-corrected chi connectivity index (χ0v) is 15.7. The molecule has 2 atom stereocenters. The lowest BCUT2D eigenvalue weighted by Gasteiger charge is -2.32. The van der Waals surface area contributed by atoms with Crippen LogP contribution in [0, 0.1) is 0 Å². The van der Waals surface area contributed by atoms with E-state index in [0.29, 0.717) is 30.6 Å². The number of amides is 4. The number of ketones is 1. The number of Topliss-reactive ketones (excluding diaryl/α,β-unsaturated/α-hetero) is 1. The molecule has 4 rings (SSSR count). The van der Waals surface area contributed by atoms with Gasteiger partial charge in [0.05, 0.1) is 11.9 Å². The van der Waals surface area contributed by atoms with Crippen molar-refractivity contribution in [3.63, 3.8) is 0 Å². The highest BCUT2D eigenvalue weighted by molar-refractivity contribution is 6.21. The highest BCUT2D eigenvalue weighted by Crippen LogP contribution is 2.31. The van der Waals surface area contributed by atoms with Gasteiger partial charge in [0.2, 0.25) is 0 Å². The third kappa shape index (κ3) is 3.46. The number of imide groups is 1. The first kappa shape index (κ1) is 18.7. The van der Waals surface area contributed by atoms with Crippen molar-refractivity contribution in [3.8, 4) is 0 Å². The standard InChI is InChI=1S/C20H19N5O4/c1-12(26)13-3-2-4-15(9-13)25-19(28)17-10-14(5-8-24(17)20(25)29)23-18(27)16-11-21-6-7-22-16/h2-4,6-7,9,11,14,17H,5,8,10H2,1H3,(H,23,27)/t14-,17+/m0/s1. The molecule has 0 aliphatic carbocycles. The summed E-state index contributed by atoms with van der Waals surface area (Å²) in [5.41, 5.74) is 1.01. The fourth-order valence-corrected chi connectivity index (χ4v) is 3.71. The molecule has 0 saturated carbocycles. The summed E-state index contributed by atoms with van der Waals surface area (Å²) in [4.78, 5) is 60.2. The molecule has 9 heteroatoms. The lowest BCUT2D eigenvalue weighted by molar-refractivity contribution is -0.120. The van der Waals surface area contributed by atoms with Gasteiger partial charge in [-0.1, -0.05) is 12.1 Å². The summed E-state index contributed by atoms with van der Waals surface area (Å²) < 4.78 is 0. The Bertz CT molecular complexity index is 993. The van der Waals surface area contributed by atoms with Gasteiger partial charge in [-0.3, -0.25) is 19.4 Å². The summed E-state index contributed by atoms with van der Waals surface area (Å²) in [6.45, 7) is 1.78. The molecular formula is C20H19N5O4. The number of hydrogen-bond donors (Lipinski definition) is 1. The number of urea groups is 1. The van der Waals surface area contributed by atoms with E-state index in [4.69, 9.17) is 0 Å². The van der Waals surface area contributed by atoms with E-state index >= 15 is 0 Å². The van der Waals surface area contributed by atoms with Crippen molar-refractivity contribution < 1.29 is 19.2 Å². The highest BCUT2D eigenvalue weighted by Gasteiger charge is 2.48. The largest absolute Gasteiger partial charge is 0.348 e. The maximum absolute atomic E-state index is 13.0. The molecule has 29 heavy (non-hydrogen) atoms. The molecule has 1 aromatic carbocycles. The molecule has 0 spiro atoms. The average Bonchev–Trinajstić information content (AvgIpc) is 2.98. The first-order valence-electron chi connectivity index (χ1n) is 9.28. The van der Waals surface area contributed by atoms with Gasteiger partial charge in [-0.2, -0.15) is 0 Å². The smallest absolute Gasteiger partial charge is 0.332 e. The topological polar surface area (TPSA) is 113 Å². The molecule has 0 radical (unpaired) electrons. The summed E-state index contributed by atoms with van der Waals surface area (Å²) in [6, 6.07) is 5.16. The van der Waals surface area contributed by atoms with Crippen molar-refractivity contribution in [2.75, 3.05) is 11.4 Å². The maximum Gasteiger partial charge on any atom is 0.332 e. The first-order chi connectivity index (χ1) is 14.0. The van der Waals surface area contributed by atoms with E-state index in [1.54, 1.807) is 24.3 Å². The van der Waals surface area contributed by atoms with Gasteiger partial charge in [-0.05, 0) is 31.9 Å². The van der Waals surface area contributed by atoms with Crippen LogP contribution in [0.2, 0.25) is 0 Å². The molecule has 0 bridgehead atoms. The van der Waals surface area contributed by atoms with Crippen LogP contribution in [-0.4, -0.2) is 57.1 Å². The molecule has 9 nitrogen and oxygen atoms in total. The number of carbonyl (C=O) groups excluding carboxylic acids is 4. The second-order valence-electron chi connectivity index (χ2n) is 7.06. The summed E-state index contributed by atoms with van der Waals surface area (Å²) in [5, 5.41) is 2.87. The number of carbonyl (C=O) groups is 4. The van der Waals surface area contributed by atoms with Crippen LogP contribution in [0.5, 0.6) is 0 Å².